The average Bonchev–Trinajstić information content (AvgIpc) is 3.49. The molecule has 1 spiro atoms. The summed E-state index contributed by atoms with van der Waals surface area (Å²) in [6.45, 7) is 9.16. The standard InChI is InChI=1S/C25H39N3O6S/c1-2-9-27(12-11-26-13-16-34-17-14-26)23(31)21-25-8-7-18(35-25)19(24(32)33)20(25)22(30)28(21)10-5-3-4-6-15-29/h2,18-21,29H,1,3-17H2,(H,32,33)/t18-,19+,20-,21?,25?/m0/s1. The summed E-state index contributed by atoms with van der Waals surface area (Å²) < 4.78 is 4.77. The van der Waals surface area contributed by atoms with E-state index in [-0.39, 0.29) is 23.7 Å². The summed E-state index contributed by atoms with van der Waals surface area (Å²) in [5.74, 6) is -2.53. The first-order chi connectivity index (χ1) is 16.9. The minimum atomic E-state index is -0.923. The number of aliphatic hydroxyl groups is 1. The molecule has 9 nitrogen and oxygen atoms in total. The number of hydrogen-bond donors (Lipinski definition) is 2. The summed E-state index contributed by atoms with van der Waals surface area (Å²) in [5, 5.41) is 18.9. The molecular formula is C25H39N3O6S. The molecule has 0 aromatic heterocycles. The Kier molecular flexibility index (Phi) is 8.78. The number of ether oxygens (including phenoxy) is 1. The summed E-state index contributed by atoms with van der Waals surface area (Å²) in [5.41, 5.74) is 0. The smallest absolute Gasteiger partial charge is 0.308 e. The second kappa shape index (κ2) is 11.6. The molecule has 2 bridgehead atoms. The Balaban J connectivity index is 1.56. The predicted octanol–water partition coefficient (Wildman–Crippen LogP) is 1.06. The average molecular weight is 510 g/mol. The Hall–Kier alpha value is -1.62. The van der Waals surface area contributed by atoms with Gasteiger partial charge in [0.15, 0.2) is 0 Å². The van der Waals surface area contributed by atoms with E-state index in [2.05, 4.69) is 11.5 Å². The van der Waals surface area contributed by atoms with Crippen LogP contribution in [0.4, 0.5) is 0 Å². The van der Waals surface area contributed by atoms with Crippen LogP contribution in [0.2, 0.25) is 0 Å². The molecule has 0 radical (unpaired) electrons. The Morgan fingerprint density at radius 2 is 1.94 bits per heavy atom. The lowest BCUT2D eigenvalue weighted by atomic mass is 9.71. The minimum absolute atomic E-state index is 0.0800. The number of thioether (sulfide) groups is 1. The van der Waals surface area contributed by atoms with Gasteiger partial charge in [-0.3, -0.25) is 19.3 Å². The van der Waals surface area contributed by atoms with Gasteiger partial charge in [-0.05, 0) is 25.7 Å². The highest BCUT2D eigenvalue weighted by Gasteiger charge is 2.73. The topological polar surface area (TPSA) is 111 Å². The van der Waals surface area contributed by atoms with Crippen molar-refractivity contribution in [1.29, 1.82) is 0 Å². The van der Waals surface area contributed by atoms with Gasteiger partial charge in [-0.15, -0.1) is 18.3 Å². The fraction of sp³-hybridized carbons (Fsp3) is 0.800. The molecule has 2 amide bonds. The fourth-order valence-electron chi connectivity index (χ4n) is 6.41. The first-order valence-corrected chi connectivity index (χ1v) is 13.8. The highest BCUT2D eigenvalue weighted by atomic mass is 32.2. The van der Waals surface area contributed by atoms with Gasteiger partial charge in [-0.25, -0.2) is 0 Å². The van der Waals surface area contributed by atoms with Crippen molar-refractivity contribution in [3.05, 3.63) is 12.7 Å². The fourth-order valence-corrected chi connectivity index (χ4v) is 8.62. The van der Waals surface area contributed by atoms with E-state index in [1.807, 2.05) is 0 Å². The normalized spacial score (nSPS) is 32.1. The molecule has 0 aromatic rings. The Morgan fingerprint density at radius 3 is 2.63 bits per heavy atom. The van der Waals surface area contributed by atoms with E-state index in [0.29, 0.717) is 39.3 Å². The molecule has 4 saturated heterocycles. The van der Waals surface area contributed by atoms with Gasteiger partial charge in [0.05, 0.1) is 29.8 Å². The Bertz CT molecular complexity index is 806. The number of carboxylic acid groups (broad SMARTS) is 1. The van der Waals surface area contributed by atoms with Crippen LogP contribution in [0.5, 0.6) is 0 Å². The number of aliphatic carboxylic acids is 1. The number of fused-ring (bicyclic) bond motifs is 1. The minimum Gasteiger partial charge on any atom is -0.481 e. The van der Waals surface area contributed by atoms with Gasteiger partial charge < -0.3 is 24.7 Å². The van der Waals surface area contributed by atoms with Crippen LogP contribution in [0, 0.1) is 11.8 Å². The molecule has 4 fully saturated rings. The largest absolute Gasteiger partial charge is 0.481 e. The zero-order chi connectivity index (χ0) is 25.0. The number of rotatable bonds is 13. The highest BCUT2D eigenvalue weighted by molar-refractivity contribution is 8.02. The second-order valence-electron chi connectivity index (χ2n) is 10.1. The van der Waals surface area contributed by atoms with Crippen molar-refractivity contribution >= 4 is 29.5 Å². The van der Waals surface area contributed by atoms with E-state index in [0.717, 1.165) is 51.7 Å². The summed E-state index contributed by atoms with van der Waals surface area (Å²) >= 11 is 1.58. The van der Waals surface area contributed by atoms with E-state index in [4.69, 9.17) is 9.84 Å². The number of likely N-dealkylation sites (tertiary alicyclic amines) is 1. The maximum atomic E-state index is 14.1. The van der Waals surface area contributed by atoms with Gasteiger partial charge in [-0.1, -0.05) is 18.9 Å². The molecule has 0 saturated carbocycles. The number of nitrogens with zero attached hydrogens (tertiary/aromatic N) is 3. The van der Waals surface area contributed by atoms with Crippen molar-refractivity contribution < 1.29 is 29.3 Å². The first-order valence-electron chi connectivity index (χ1n) is 13.0. The number of hydrogen-bond acceptors (Lipinski definition) is 7. The van der Waals surface area contributed by atoms with Crippen LogP contribution >= 0.6 is 11.8 Å². The van der Waals surface area contributed by atoms with Crippen molar-refractivity contribution in [3.8, 4) is 0 Å². The maximum Gasteiger partial charge on any atom is 0.308 e. The van der Waals surface area contributed by atoms with E-state index in [9.17, 15) is 19.5 Å². The van der Waals surface area contributed by atoms with Gasteiger partial charge in [0.25, 0.3) is 0 Å². The monoisotopic (exact) mass is 509 g/mol. The van der Waals surface area contributed by atoms with Crippen LogP contribution < -0.4 is 0 Å². The number of amides is 2. The number of carbonyl (C=O) groups is 3. The van der Waals surface area contributed by atoms with Gasteiger partial charge in [0.2, 0.25) is 11.8 Å². The van der Waals surface area contributed by atoms with Crippen LogP contribution in [-0.4, -0.2) is 118 Å². The molecule has 4 rings (SSSR count). The predicted molar refractivity (Wildman–Crippen MR) is 133 cm³/mol. The van der Waals surface area contributed by atoms with Gasteiger partial charge in [0.1, 0.15) is 6.04 Å². The lowest BCUT2D eigenvalue weighted by Crippen LogP contribution is -2.56. The molecule has 2 unspecified atom stereocenters. The molecule has 4 heterocycles. The van der Waals surface area contributed by atoms with Crippen molar-refractivity contribution in [1.82, 2.24) is 14.7 Å². The molecule has 4 aliphatic rings. The lowest BCUT2D eigenvalue weighted by Gasteiger charge is -2.38. The molecule has 2 N–H and O–H groups in total. The van der Waals surface area contributed by atoms with Crippen molar-refractivity contribution in [2.24, 2.45) is 11.8 Å². The SMILES string of the molecule is C=CCN(CCN1CCOCC1)C(=O)C1N(CCCCCCO)C(=O)[C@@H]2[C@H](C(=O)O)[C@@H]3CCC12S3. The number of carbonyl (C=O) groups excluding carboxylic acids is 2. The molecule has 35 heavy (non-hydrogen) atoms. The summed E-state index contributed by atoms with van der Waals surface area (Å²) in [6.07, 6.45) is 6.33. The molecule has 196 valence electrons. The summed E-state index contributed by atoms with van der Waals surface area (Å²) in [4.78, 5) is 45.8. The van der Waals surface area contributed by atoms with Crippen LogP contribution in [0.25, 0.3) is 0 Å². The Morgan fingerprint density at radius 1 is 1.20 bits per heavy atom. The van der Waals surface area contributed by atoms with Gasteiger partial charge in [0, 0.05) is 51.1 Å². The van der Waals surface area contributed by atoms with Crippen molar-refractivity contribution in [2.75, 3.05) is 59.1 Å². The summed E-state index contributed by atoms with van der Waals surface area (Å²) in [7, 11) is 0. The van der Waals surface area contributed by atoms with Crippen LogP contribution in [-0.2, 0) is 19.1 Å². The molecule has 0 aromatic carbocycles. The number of carboxylic acids is 1. The van der Waals surface area contributed by atoms with Crippen molar-refractivity contribution in [3.63, 3.8) is 0 Å². The molecule has 5 atom stereocenters. The quantitative estimate of drug-likeness (QED) is 0.280. The zero-order valence-electron chi connectivity index (χ0n) is 20.5. The van der Waals surface area contributed by atoms with Gasteiger partial charge >= 0.3 is 5.97 Å². The number of unbranched alkanes of at least 4 members (excludes halogenated alkanes) is 3. The zero-order valence-corrected chi connectivity index (χ0v) is 21.3. The van der Waals surface area contributed by atoms with Gasteiger partial charge in [-0.2, -0.15) is 0 Å². The number of morpholine rings is 1. The highest BCUT2D eigenvalue weighted by Crippen LogP contribution is 2.66. The third-order valence-corrected chi connectivity index (χ3v) is 10.0. The number of aliphatic hydroxyl groups excluding tert-OH is 1. The van der Waals surface area contributed by atoms with E-state index in [1.165, 1.54) is 0 Å². The van der Waals surface area contributed by atoms with E-state index >= 15 is 0 Å². The second-order valence-corrected chi connectivity index (χ2v) is 11.7. The maximum absolute atomic E-state index is 14.1. The molecular weight excluding hydrogens is 470 g/mol. The third kappa shape index (κ3) is 5.12. The van der Waals surface area contributed by atoms with E-state index < -0.39 is 28.6 Å². The summed E-state index contributed by atoms with van der Waals surface area (Å²) in [6, 6.07) is -0.637. The molecule has 10 heteroatoms. The molecule has 0 aliphatic carbocycles. The van der Waals surface area contributed by atoms with Crippen LogP contribution in [0.3, 0.4) is 0 Å². The first kappa shape index (κ1) is 26.4. The third-order valence-electron chi connectivity index (χ3n) is 8.08. The lowest BCUT2D eigenvalue weighted by molar-refractivity contribution is -0.148. The van der Waals surface area contributed by atoms with Crippen LogP contribution in [0.15, 0.2) is 12.7 Å². The van der Waals surface area contributed by atoms with E-state index in [1.54, 1.807) is 27.6 Å². The molecule has 4 aliphatic heterocycles. The Labute approximate surface area is 211 Å². The van der Waals surface area contributed by atoms with Crippen molar-refractivity contribution in [2.45, 2.75) is 54.6 Å². The van der Waals surface area contributed by atoms with Crippen LogP contribution in [0.1, 0.15) is 38.5 Å².